The van der Waals surface area contributed by atoms with Gasteiger partial charge in [-0.15, -0.1) is 0 Å². The number of carbonyl (C=O) groups is 1. The van der Waals surface area contributed by atoms with E-state index in [1.807, 2.05) is 36.5 Å². The molecule has 6 nitrogen and oxygen atoms in total. The molecule has 0 saturated carbocycles. The summed E-state index contributed by atoms with van der Waals surface area (Å²) < 4.78 is 7.64. The molecule has 3 rings (SSSR count). The number of rotatable bonds is 7. The molecule has 0 saturated heterocycles. The molecule has 1 N–H and O–H groups in total. The number of aromatic nitrogens is 2. The number of ether oxygens (including phenoxy) is 1. The summed E-state index contributed by atoms with van der Waals surface area (Å²) >= 11 is 0. The summed E-state index contributed by atoms with van der Waals surface area (Å²) in [7, 11) is 1.74. The van der Waals surface area contributed by atoms with Crippen LogP contribution in [0, 0.1) is 5.92 Å². The number of benzene rings is 1. The molecular weight excluding hydrogens is 318 g/mol. The van der Waals surface area contributed by atoms with Crippen LogP contribution < -0.4 is 0 Å². The lowest BCUT2D eigenvalue weighted by atomic mass is 9.96. The Kier molecular flexibility index (Phi) is 5.83. The number of hydrogen-bond acceptors (Lipinski definition) is 4. The molecule has 1 aliphatic heterocycles. The van der Waals surface area contributed by atoms with E-state index in [-0.39, 0.29) is 25.0 Å². The largest absolute Gasteiger partial charge is 0.389 e. The van der Waals surface area contributed by atoms with Gasteiger partial charge in [-0.1, -0.05) is 30.3 Å². The van der Waals surface area contributed by atoms with Gasteiger partial charge in [0.25, 0.3) is 0 Å². The van der Waals surface area contributed by atoms with Gasteiger partial charge in [-0.25, -0.2) is 4.98 Å². The zero-order valence-corrected chi connectivity index (χ0v) is 14.5. The molecule has 25 heavy (non-hydrogen) atoms. The molecule has 0 aliphatic carbocycles. The van der Waals surface area contributed by atoms with E-state index in [0.717, 1.165) is 24.4 Å². The van der Waals surface area contributed by atoms with Crippen LogP contribution in [0.2, 0.25) is 0 Å². The first-order chi connectivity index (χ1) is 12.1. The monoisotopic (exact) mass is 343 g/mol. The topological polar surface area (TPSA) is 67.6 Å². The van der Waals surface area contributed by atoms with Crippen LogP contribution >= 0.6 is 0 Å². The average Bonchev–Trinajstić information content (AvgIpc) is 3.09. The maximum absolute atomic E-state index is 12.6. The standard InChI is InChI=1S/C19H25N3O3/c1-21(12-17(23)14-25-13-15-5-3-2-4-6-15)19(24)16-7-9-22-10-8-20-18(22)11-16/h2-6,8,10,16-17,23H,7,9,11-14H2,1H3. The van der Waals surface area contributed by atoms with Gasteiger partial charge in [0.1, 0.15) is 5.82 Å². The van der Waals surface area contributed by atoms with Crippen LogP contribution in [-0.2, 0) is 29.1 Å². The maximum atomic E-state index is 12.6. The van der Waals surface area contributed by atoms with E-state index in [4.69, 9.17) is 4.74 Å². The van der Waals surface area contributed by atoms with Crippen molar-refractivity contribution >= 4 is 5.91 Å². The van der Waals surface area contributed by atoms with Gasteiger partial charge in [0.15, 0.2) is 0 Å². The van der Waals surface area contributed by atoms with Crippen LogP contribution in [0.3, 0.4) is 0 Å². The van der Waals surface area contributed by atoms with E-state index in [9.17, 15) is 9.90 Å². The number of fused-ring (bicyclic) bond motifs is 1. The molecule has 1 aromatic carbocycles. The van der Waals surface area contributed by atoms with Crippen molar-refractivity contribution in [2.75, 3.05) is 20.2 Å². The molecule has 2 aromatic rings. The smallest absolute Gasteiger partial charge is 0.226 e. The Labute approximate surface area is 148 Å². The van der Waals surface area contributed by atoms with Crippen LogP contribution in [-0.4, -0.2) is 51.8 Å². The highest BCUT2D eigenvalue weighted by molar-refractivity contribution is 5.79. The van der Waals surface area contributed by atoms with Crippen molar-refractivity contribution in [2.24, 2.45) is 5.92 Å². The van der Waals surface area contributed by atoms with Crippen LogP contribution in [0.25, 0.3) is 0 Å². The molecule has 0 bridgehead atoms. The molecule has 1 aliphatic rings. The summed E-state index contributed by atoms with van der Waals surface area (Å²) in [4.78, 5) is 18.5. The van der Waals surface area contributed by atoms with Crippen molar-refractivity contribution in [3.8, 4) is 0 Å². The molecule has 134 valence electrons. The summed E-state index contributed by atoms with van der Waals surface area (Å²) in [5.41, 5.74) is 1.07. The fraction of sp³-hybridized carbons (Fsp3) is 0.474. The second-order valence-electron chi connectivity index (χ2n) is 6.60. The predicted octanol–water partition coefficient (Wildman–Crippen LogP) is 1.48. The highest BCUT2D eigenvalue weighted by Gasteiger charge is 2.28. The fourth-order valence-electron chi connectivity index (χ4n) is 3.22. The Balaban J connectivity index is 1.42. The third-order valence-corrected chi connectivity index (χ3v) is 4.58. The normalized spacial score (nSPS) is 17.8. The quantitative estimate of drug-likeness (QED) is 0.827. The Morgan fingerprint density at radius 1 is 1.44 bits per heavy atom. The zero-order valence-electron chi connectivity index (χ0n) is 14.5. The zero-order chi connectivity index (χ0) is 17.6. The molecular formula is C19H25N3O3. The van der Waals surface area contributed by atoms with Gasteiger partial charge >= 0.3 is 0 Å². The Hall–Kier alpha value is -2.18. The number of likely N-dealkylation sites (N-methyl/N-ethyl adjacent to an activating group) is 1. The van der Waals surface area contributed by atoms with Gasteiger partial charge in [0.2, 0.25) is 5.91 Å². The van der Waals surface area contributed by atoms with Gasteiger partial charge < -0.3 is 19.3 Å². The number of nitrogens with zero attached hydrogens (tertiary/aromatic N) is 3. The van der Waals surface area contributed by atoms with Crippen LogP contribution in [0.5, 0.6) is 0 Å². The number of hydrogen-bond donors (Lipinski definition) is 1. The van der Waals surface area contributed by atoms with Crippen molar-refractivity contribution in [2.45, 2.75) is 32.1 Å². The first-order valence-corrected chi connectivity index (χ1v) is 8.68. The van der Waals surface area contributed by atoms with Crippen LogP contribution in [0.1, 0.15) is 17.8 Å². The molecule has 0 fully saturated rings. The van der Waals surface area contributed by atoms with Gasteiger partial charge in [-0.05, 0) is 12.0 Å². The van der Waals surface area contributed by atoms with Gasteiger partial charge in [-0.3, -0.25) is 4.79 Å². The molecule has 1 amide bonds. The van der Waals surface area contributed by atoms with E-state index < -0.39 is 6.10 Å². The number of carbonyl (C=O) groups excluding carboxylic acids is 1. The van der Waals surface area contributed by atoms with Gasteiger partial charge in [0, 0.05) is 44.9 Å². The Bertz CT molecular complexity index is 686. The molecule has 2 unspecified atom stereocenters. The number of aliphatic hydroxyl groups is 1. The van der Waals surface area contributed by atoms with Crippen molar-refractivity contribution in [3.63, 3.8) is 0 Å². The summed E-state index contributed by atoms with van der Waals surface area (Å²) in [5.74, 6) is 0.971. The van der Waals surface area contributed by atoms with Crippen molar-refractivity contribution in [1.82, 2.24) is 14.5 Å². The molecule has 0 radical (unpaired) electrons. The van der Waals surface area contributed by atoms with Crippen molar-refractivity contribution < 1.29 is 14.6 Å². The van der Waals surface area contributed by atoms with Crippen molar-refractivity contribution in [1.29, 1.82) is 0 Å². The van der Waals surface area contributed by atoms with E-state index in [1.165, 1.54) is 0 Å². The second kappa shape index (κ2) is 8.27. The lowest BCUT2D eigenvalue weighted by molar-refractivity contribution is -0.136. The number of amides is 1. The van der Waals surface area contributed by atoms with Crippen molar-refractivity contribution in [3.05, 3.63) is 54.1 Å². The minimum atomic E-state index is -0.691. The summed E-state index contributed by atoms with van der Waals surface area (Å²) in [6.45, 7) is 1.77. The molecule has 2 atom stereocenters. The summed E-state index contributed by atoms with van der Waals surface area (Å²) in [6, 6.07) is 9.83. The van der Waals surface area contributed by atoms with Gasteiger partial charge in [-0.2, -0.15) is 0 Å². The van der Waals surface area contributed by atoms with Crippen LogP contribution in [0.15, 0.2) is 42.7 Å². The Morgan fingerprint density at radius 2 is 2.24 bits per heavy atom. The minimum absolute atomic E-state index is 0.0580. The molecule has 1 aromatic heterocycles. The Morgan fingerprint density at radius 3 is 3.04 bits per heavy atom. The van der Waals surface area contributed by atoms with E-state index in [0.29, 0.717) is 13.0 Å². The number of aryl methyl sites for hydroxylation is 1. The summed E-state index contributed by atoms with van der Waals surface area (Å²) in [6.07, 6.45) is 4.51. The minimum Gasteiger partial charge on any atom is -0.389 e. The second-order valence-corrected chi connectivity index (χ2v) is 6.60. The maximum Gasteiger partial charge on any atom is 0.226 e. The van der Waals surface area contributed by atoms with E-state index in [1.54, 1.807) is 18.1 Å². The predicted molar refractivity (Wildman–Crippen MR) is 93.8 cm³/mol. The first-order valence-electron chi connectivity index (χ1n) is 8.68. The number of imidazole rings is 1. The first kappa shape index (κ1) is 17.6. The third-order valence-electron chi connectivity index (χ3n) is 4.58. The highest BCUT2D eigenvalue weighted by Crippen LogP contribution is 2.20. The molecule has 6 heteroatoms. The molecule has 0 spiro atoms. The molecule has 2 heterocycles. The lowest BCUT2D eigenvalue weighted by Crippen LogP contribution is -2.41. The van der Waals surface area contributed by atoms with Gasteiger partial charge in [0.05, 0.1) is 19.3 Å². The van der Waals surface area contributed by atoms with E-state index >= 15 is 0 Å². The third kappa shape index (κ3) is 4.67. The fourth-order valence-corrected chi connectivity index (χ4v) is 3.22. The number of aliphatic hydroxyl groups excluding tert-OH is 1. The summed E-state index contributed by atoms with van der Waals surface area (Å²) in [5, 5.41) is 10.1. The van der Waals surface area contributed by atoms with E-state index in [2.05, 4.69) is 9.55 Å². The SMILES string of the molecule is CN(CC(O)COCc1ccccc1)C(=O)C1CCn2ccnc2C1. The highest BCUT2D eigenvalue weighted by atomic mass is 16.5. The lowest BCUT2D eigenvalue weighted by Gasteiger charge is -2.28. The average molecular weight is 343 g/mol. The van der Waals surface area contributed by atoms with Crippen LogP contribution in [0.4, 0.5) is 0 Å².